The second-order valence-electron chi connectivity index (χ2n) is 7.60. The number of rotatable bonds is 0. The summed E-state index contributed by atoms with van der Waals surface area (Å²) in [6.07, 6.45) is 3.97. The van der Waals surface area contributed by atoms with Crippen molar-refractivity contribution in [1.82, 2.24) is 4.90 Å². The van der Waals surface area contributed by atoms with Crippen LogP contribution in [0.5, 0.6) is 0 Å². The first-order chi connectivity index (χ1) is 8.84. The Morgan fingerprint density at radius 1 is 1.21 bits per heavy atom. The molecular formula is C16H27NO2. The Kier molecular flexibility index (Phi) is 2.97. The summed E-state index contributed by atoms with van der Waals surface area (Å²) in [7, 11) is 0. The molecular weight excluding hydrogens is 238 g/mol. The van der Waals surface area contributed by atoms with Gasteiger partial charge in [-0.1, -0.05) is 27.2 Å². The Morgan fingerprint density at radius 2 is 1.89 bits per heavy atom. The van der Waals surface area contributed by atoms with Crippen LogP contribution in [0.3, 0.4) is 0 Å². The van der Waals surface area contributed by atoms with Crippen molar-refractivity contribution in [1.29, 1.82) is 0 Å². The van der Waals surface area contributed by atoms with E-state index in [1.54, 1.807) is 0 Å². The molecule has 3 aliphatic rings. The summed E-state index contributed by atoms with van der Waals surface area (Å²) in [4.78, 5) is 14.6. The molecule has 108 valence electrons. The molecule has 0 N–H and O–H groups in total. The van der Waals surface area contributed by atoms with Crippen molar-refractivity contribution >= 4 is 5.91 Å². The summed E-state index contributed by atoms with van der Waals surface area (Å²) in [5.41, 5.74) is -0.0518. The number of hydrogen-bond acceptors (Lipinski definition) is 2. The molecule has 3 rings (SSSR count). The van der Waals surface area contributed by atoms with Crippen LogP contribution in [0.15, 0.2) is 0 Å². The van der Waals surface area contributed by atoms with Gasteiger partial charge in [0.25, 0.3) is 0 Å². The third kappa shape index (κ3) is 1.77. The topological polar surface area (TPSA) is 29.5 Å². The SMILES string of the molecule is C[C@@H]1CC[C@@H]2[C@@H](C1)O[C@H]1[C@@H](C)[C@@H](C)C(=O)N1C2(C)C. The number of amides is 1. The van der Waals surface area contributed by atoms with Crippen LogP contribution in [0.1, 0.15) is 53.9 Å². The Bertz CT molecular complexity index is 392. The first-order valence-electron chi connectivity index (χ1n) is 7.82. The molecule has 1 amide bonds. The molecule has 0 unspecified atom stereocenters. The molecule has 19 heavy (non-hydrogen) atoms. The molecule has 2 saturated heterocycles. The Balaban J connectivity index is 1.94. The molecule has 2 heterocycles. The van der Waals surface area contributed by atoms with E-state index in [4.69, 9.17) is 4.74 Å². The number of ether oxygens (including phenoxy) is 1. The van der Waals surface area contributed by atoms with Gasteiger partial charge in [-0.15, -0.1) is 0 Å². The van der Waals surface area contributed by atoms with E-state index < -0.39 is 0 Å². The zero-order valence-electron chi connectivity index (χ0n) is 12.8. The van der Waals surface area contributed by atoms with E-state index in [0.717, 1.165) is 12.3 Å². The monoisotopic (exact) mass is 265 g/mol. The third-order valence-electron chi connectivity index (χ3n) is 6.02. The number of hydrogen-bond donors (Lipinski definition) is 0. The lowest BCUT2D eigenvalue weighted by Crippen LogP contribution is -2.64. The van der Waals surface area contributed by atoms with Crippen molar-refractivity contribution in [3.8, 4) is 0 Å². The minimum atomic E-state index is -0.0518. The third-order valence-corrected chi connectivity index (χ3v) is 6.02. The highest BCUT2D eigenvalue weighted by molar-refractivity contribution is 5.82. The van der Waals surface area contributed by atoms with Gasteiger partial charge in [0.15, 0.2) is 0 Å². The highest BCUT2D eigenvalue weighted by Gasteiger charge is 2.58. The first kappa shape index (κ1) is 13.4. The predicted octanol–water partition coefficient (Wildman–Crippen LogP) is 3.04. The Morgan fingerprint density at radius 3 is 2.58 bits per heavy atom. The number of carbonyl (C=O) groups excluding carboxylic acids is 1. The van der Waals surface area contributed by atoms with Crippen LogP contribution >= 0.6 is 0 Å². The van der Waals surface area contributed by atoms with Crippen molar-refractivity contribution < 1.29 is 9.53 Å². The van der Waals surface area contributed by atoms with E-state index in [2.05, 4.69) is 39.5 Å². The summed E-state index contributed by atoms with van der Waals surface area (Å²) in [5, 5.41) is 0. The fourth-order valence-corrected chi connectivity index (χ4v) is 4.49. The van der Waals surface area contributed by atoms with Gasteiger partial charge in [0.2, 0.25) is 5.91 Å². The maximum atomic E-state index is 12.6. The molecule has 0 aromatic rings. The smallest absolute Gasteiger partial charge is 0.228 e. The molecule has 3 heteroatoms. The number of nitrogens with zero attached hydrogens (tertiary/aromatic N) is 1. The van der Waals surface area contributed by atoms with Crippen LogP contribution in [-0.4, -0.2) is 28.7 Å². The average molecular weight is 265 g/mol. The summed E-state index contributed by atoms with van der Waals surface area (Å²) < 4.78 is 6.38. The van der Waals surface area contributed by atoms with E-state index >= 15 is 0 Å². The average Bonchev–Trinajstić information content (AvgIpc) is 2.54. The van der Waals surface area contributed by atoms with Gasteiger partial charge in [-0.05, 0) is 32.6 Å². The number of fused-ring (bicyclic) bond motifs is 2. The molecule has 2 aliphatic heterocycles. The zero-order valence-corrected chi connectivity index (χ0v) is 12.8. The van der Waals surface area contributed by atoms with Crippen LogP contribution in [-0.2, 0) is 9.53 Å². The maximum absolute atomic E-state index is 12.6. The number of carbonyl (C=O) groups is 1. The molecule has 0 aromatic carbocycles. The predicted molar refractivity (Wildman–Crippen MR) is 74.4 cm³/mol. The molecule has 3 nitrogen and oxygen atoms in total. The van der Waals surface area contributed by atoms with Gasteiger partial charge in [-0.2, -0.15) is 0 Å². The van der Waals surface area contributed by atoms with Gasteiger partial charge in [0.05, 0.1) is 6.10 Å². The van der Waals surface area contributed by atoms with Crippen molar-refractivity contribution in [3.05, 3.63) is 0 Å². The zero-order chi connectivity index (χ0) is 13.9. The van der Waals surface area contributed by atoms with Gasteiger partial charge in [-0.25, -0.2) is 0 Å². The molecule has 0 spiro atoms. The minimum Gasteiger partial charge on any atom is -0.354 e. The Hall–Kier alpha value is -0.570. The van der Waals surface area contributed by atoms with Gasteiger partial charge in [0.1, 0.15) is 6.23 Å². The normalized spacial score (nSPS) is 48.9. The summed E-state index contributed by atoms with van der Waals surface area (Å²) in [6.45, 7) is 11.0. The summed E-state index contributed by atoms with van der Waals surface area (Å²) in [5.74, 6) is 1.96. The second-order valence-corrected chi connectivity index (χ2v) is 7.60. The van der Waals surface area contributed by atoms with Crippen molar-refractivity contribution in [2.75, 3.05) is 0 Å². The van der Waals surface area contributed by atoms with Crippen LogP contribution < -0.4 is 0 Å². The molecule has 1 aliphatic carbocycles. The van der Waals surface area contributed by atoms with E-state index in [1.807, 2.05) is 0 Å². The quantitative estimate of drug-likeness (QED) is 0.674. The van der Waals surface area contributed by atoms with Crippen molar-refractivity contribution in [3.63, 3.8) is 0 Å². The van der Waals surface area contributed by atoms with E-state index in [-0.39, 0.29) is 17.7 Å². The van der Waals surface area contributed by atoms with Gasteiger partial charge in [-0.3, -0.25) is 4.79 Å². The fraction of sp³-hybridized carbons (Fsp3) is 0.938. The van der Waals surface area contributed by atoms with Gasteiger partial charge in [0, 0.05) is 23.3 Å². The molecule has 6 atom stereocenters. The van der Waals surface area contributed by atoms with E-state index in [1.165, 1.54) is 12.8 Å². The highest BCUT2D eigenvalue weighted by Crippen LogP contribution is 2.50. The molecule has 0 aromatic heterocycles. The van der Waals surface area contributed by atoms with E-state index in [9.17, 15) is 4.79 Å². The minimum absolute atomic E-state index is 0.00375. The lowest BCUT2D eigenvalue weighted by atomic mass is 9.70. The van der Waals surface area contributed by atoms with Gasteiger partial charge < -0.3 is 9.64 Å². The van der Waals surface area contributed by atoms with Crippen LogP contribution in [0, 0.1) is 23.7 Å². The van der Waals surface area contributed by atoms with Crippen LogP contribution in [0.4, 0.5) is 0 Å². The van der Waals surface area contributed by atoms with E-state index in [0.29, 0.717) is 23.8 Å². The second kappa shape index (κ2) is 4.21. The fourth-order valence-electron chi connectivity index (χ4n) is 4.49. The highest BCUT2D eigenvalue weighted by atomic mass is 16.5. The molecule has 0 radical (unpaired) electrons. The lowest BCUT2D eigenvalue weighted by molar-refractivity contribution is -0.226. The largest absolute Gasteiger partial charge is 0.354 e. The first-order valence-corrected chi connectivity index (χ1v) is 7.82. The van der Waals surface area contributed by atoms with Crippen molar-refractivity contribution in [2.24, 2.45) is 23.7 Å². The molecule has 0 bridgehead atoms. The van der Waals surface area contributed by atoms with Crippen LogP contribution in [0.25, 0.3) is 0 Å². The Labute approximate surface area is 116 Å². The van der Waals surface area contributed by atoms with Crippen molar-refractivity contribution in [2.45, 2.75) is 71.8 Å². The van der Waals surface area contributed by atoms with Gasteiger partial charge >= 0.3 is 0 Å². The molecule has 3 fully saturated rings. The maximum Gasteiger partial charge on any atom is 0.228 e. The molecule has 1 saturated carbocycles. The summed E-state index contributed by atoms with van der Waals surface area (Å²) >= 11 is 0. The van der Waals surface area contributed by atoms with Crippen LogP contribution in [0.2, 0.25) is 0 Å². The summed E-state index contributed by atoms with van der Waals surface area (Å²) in [6, 6.07) is 0. The standard InChI is InChI=1S/C16H27NO2/c1-9-6-7-12-13(8-9)19-15-11(3)10(2)14(18)17(15)16(12,4)5/h9-13,15H,6-8H2,1-5H3/t9-,10-,11+,12-,13-,15+/m1/s1. The lowest BCUT2D eigenvalue weighted by Gasteiger charge is -2.55.